The Morgan fingerprint density at radius 2 is 2.25 bits per heavy atom. The van der Waals surface area contributed by atoms with E-state index in [9.17, 15) is 0 Å². The highest BCUT2D eigenvalue weighted by Gasteiger charge is 2.41. The zero-order valence-electron chi connectivity index (χ0n) is 12.3. The molecule has 1 aromatic heterocycles. The Bertz CT molecular complexity index is 414. The fourth-order valence-corrected chi connectivity index (χ4v) is 3.91. The molecule has 2 unspecified atom stereocenters. The molecule has 1 aliphatic carbocycles. The largest absolute Gasteiger partial charge is 0.375 e. The lowest BCUT2D eigenvalue weighted by molar-refractivity contribution is -0.0964. The van der Waals surface area contributed by atoms with Gasteiger partial charge in [-0.25, -0.2) is 0 Å². The Kier molecular flexibility index (Phi) is 4.37. The summed E-state index contributed by atoms with van der Waals surface area (Å²) in [5, 5.41) is 0. The third kappa shape index (κ3) is 3.21. The minimum Gasteiger partial charge on any atom is -0.375 e. The molecule has 2 heterocycles. The molecule has 0 aromatic carbocycles. The summed E-state index contributed by atoms with van der Waals surface area (Å²) in [5.41, 5.74) is 7.96. The second kappa shape index (κ2) is 6.23. The predicted octanol–water partition coefficient (Wildman–Crippen LogP) is 3.08. The third-order valence-corrected chi connectivity index (χ3v) is 5.14. The van der Waals surface area contributed by atoms with Crippen LogP contribution in [0.5, 0.6) is 0 Å². The highest BCUT2D eigenvalue weighted by molar-refractivity contribution is 5.08. The third-order valence-electron chi connectivity index (χ3n) is 5.14. The molecular formula is C17H26N2O. The van der Waals surface area contributed by atoms with E-state index in [0.717, 1.165) is 25.9 Å². The highest BCUT2D eigenvalue weighted by atomic mass is 16.5. The maximum Gasteiger partial charge on any atom is 0.0685 e. The summed E-state index contributed by atoms with van der Waals surface area (Å²) >= 11 is 0. The molecule has 1 spiro atoms. The van der Waals surface area contributed by atoms with Crippen LogP contribution in [0.1, 0.15) is 50.5 Å². The summed E-state index contributed by atoms with van der Waals surface area (Å²) in [7, 11) is 0. The number of hydrogen-bond donors (Lipinski definition) is 1. The van der Waals surface area contributed by atoms with Gasteiger partial charge in [0, 0.05) is 25.0 Å². The van der Waals surface area contributed by atoms with Crippen LogP contribution in [0.4, 0.5) is 0 Å². The van der Waals surface area contributed by atoms with Gasteiger partial charge >= 0.3 is 0 Å². The molecule has 1 aliphatic heterocycles. The zero-order valence-corrected chi connectivity index (χ0v) is 12.3. The van der Waals surface area contributed by atoms with Crippen molar-refractivity contribution in [1.29, 1.82) is 0 Å². The molecular weight excluding hydrogens is 248 g/mol. The summed E-state index contributed by atoms with van der Waals surface area (Å²) in [6, 6.07) is 4.45. The molecule has 2 atom stereocenters. The van der Waals surface area contributed by atoms with Crippen molar-refractivity contribution >= 4 is 0 Å². The monoisotopic (exact) mass is 274 g/mol. The minimum absolute atomic E-state index is 0.189. The van der Waals surface area contributed by atoms with E-state index in [4.69, 9.17) is 10.5 Å². The van der Waals surface area contributed by atoms with E-state index in [1.54, 1.807) is 0 Å². The Labute approximate surface area is 121 Å². The Hall–Kier alpha value is -0.930. The van der Waals surface area contributed by atoms with Gasteiger partial charge in [0.15, 0.2) is 0 Å². The number of nitrogens with zero attached hydrogens (tertiary/aromatic N) is 1. The van der Waals surface area contributed by atoms with Gasteiger partial charge < -0.3 is 10.5 Å². The summed E-state index contributed by atoms with van der Waals surface area (Å²) in [6.45, 7) is 0.908. The number of rotatable bonds is 4. The Morgan fingerprint density at radius 3 is 3.00 bits per heavy atom. The first-order valence-corrected chi connectivity index (χ1v) is 8.06. The van der Waals surface area contributed by atoms with Crippen LogP contribution < -0.4 is 5.73 Å². The second-order valence-electron chi connectivity index (χ2n) is 6.56. The van der Waals surface area contributed by atoms with Gasteiger partial charge in [-0.15, -0.1) is 0 Å². The maximum atomic E-state index is 6.47. The summed E-state index contributed by atoms with van der Waals surface area (Å²) in [6.07, 6.45) is 13.4. The molecule has 0 amide bonds. The summed E-state index contributed by atoms with van der Waals surface area (Å²) < 4.78 is 6.10. The van der Waals surface area contributed by atoms with E-state index >= 15 is 0 Å². The zero-order chi connectivity index (χ0) is 13.8. The van der Waals surface area contributed by atoms with Crippen LogP contribution in [-0.2, 0) is 11.2 Å². The lowest BCUT2D eigenvalue weighted by atomic mass is 9.79. The number of pyridine rings is 1. The van der Waals surface area contributed by atoms with Crippen LogP contribution in [0.3, 0.4) is 0 Å². The molecule has 1 saturated heterocycles. The lowest BCUT2D eigenvalue weighted by Gasteiger charge is -2.40. The first kappa shape index (κ1) is 14.0. The minimum atomic E-state index is 0.189. The van der Waals surface area contributed by atoms with Crippen molar-refractivity contribution in [2.24, 2.45) is 11.7 Å². The number of aryl methyl sites for hydroxylation is 1. The SMILES string of the molecule is NC(CCc1cccnc1)C1CCOC2(CCCC2)C1. The number of nitrogens with two attached hydrogens (primary N) is 1. The maximum absolute atomic E-state index is 6.47. The smallest absolute Gasteiger partial charge is 0.0685 e. The molecule has 3 heteroatoms. The van der Waals surface area contributed by atoms with Gasteiger partial charge in [-0.2, -0.15) is 0 Å². The average molecular weight is 274 g/mol. The van der Waals surface area contributed by atoms with E-state index < -0.39 is 0 Å². The molecule has 1 aromatic rings. The van der Waals surface area contributed by atoms with Crippen molar-refractivity contribution < 1.29 is 4.74 Å². The van der Waals surface area contributed by atoms with E-state index in [0.29, 0.717) is 12.0 Å². The van der Waals surface area contributed by atoms with Crippen molar-refractivity contribution in [2.75, 3.05) is 6.61 Å². The Balaban J connectivity index is 1.53. The average Bonchev–Trinajstić information content (AvgIpc) is 2.93. The van der Waals surface area contributed by atoms with Gasteiger partial charge in [-0.1, -0.05) is 18.9 Å². The highest BCUT2D eigenvalue weighted by Crippen LogP contribution is 2.42. The standard InChI is InChI=1S/C17H26N2O/c18-16(6-5-14-4-3-10-19-13-14)15-7-11-20-17(12-15)8-1-2-9-17/h3-4,10,13,15-16H,1-2,5-9,11-12,18H2. The van der Waals surface area contributed by atoms with Crippen LogP contribution in [-0.4, -0.2) is 23.2 Å². The van der Waals surface area contributed by atoms with Crippen LogP contribution in [0.2, 0.25) is 0 Å². The second-order valence-corrected chi connectivity index (χ2v) is 6.56. The molecule has 3 nitrogen and oxygen atoms in total. The van der Waals surface area contributed by atoms with Crippen LogP contribution >= 0.6 is 0 Å². The number of ether oxygens (including phenoxy) is 1. The van der Waals surface area contributed by atoms with Crippen molar-refractivity contribution in [3.63, 3.8) is 0 Å². The van der Waals surface area contributed by atoms with Gasteiger partial charge in [-0.05, 0) is 56.1 Å². The molecule has 20 heavy (non-hydrogen) atoms. The molecule has 1 saturated carbocycles. The number of aromatic nitrogens is 1. The van der Waals surface area contributed by atoms with Gasteiger partial charge in [0.05, 0.1) is 5.60 Å². The number of hydrogen-bond acceptors (Lipinski definition) is 3. The fraction of sp³-hybridized carbons (Fsp3) is 0.706. The molecule has 0 bridgehead atoms. The van der Waals surface area contributed by atoms with Crippen LogP contribution in [0.25, 0.3) is 0 Å². The quantitative estimate of drug-likeness (QED) is 0.918. The first-order chi connectivity index (χ1) is 9.77. The molecule has 0 radical (unpaired) electrons. The van der Waals surface area contributed by atoms with Crippen molar-refractivity contribution in [3.8, 4) is 0 Å². The predicted molar refractivity (Wildman–Crippen MR) is 80.4 cm³/mol. The van der Waals surface area contributed by atoms with Gasteiger partial charge in [-0.3, -0.25) is 4.98 Å². The van der Waals surface area contributed by atoms with E-state index in [2.05, 4.69) is 11.1 Å². The van der Waals surface area contributed by atoms with Crippen LogP contribution in [0, 0.1) is 5.92 Å². The molecule has 2 N–H and O–H groups in total. The van der Waals surface area contributed by atoms with E-state index in [-0.39, 0.29) is 5.60 Å². The fourth-order valence-electron chi connectivity index (χ4n) is 3.91. The van der Waals surface area contributed by atoms with Gasteiger partial charge in [0.1, 0.15) is 0 Å². The van der Waals surface area contributed by atoms with E-state index in [1.165, 1.54) is 37.7 Å². The van der Waals surface area contributed by atoms with Crippen molar-refractivity contribution in [3.05, 3.63) is 30.1 Å². The topological polar surface area (TPSA) is 48.1 Å². The van der Waals surface area contributed by atoms with Crippen molar-refractivity contribution in [2.45, 2.75) is 63.0 Å². The molecule has 2 fully saturated rings. The van der Waals surface area contributed by atoms with Crippen LogP contribution in [0.15, 0.2) is 24.5 Å². The van der Waals surface area contributed by atoms with Crippen molar-refractivity contribution in [1.82, 2.24) is 4.98 Å². The first-order valence-electron chi connectivity index (χ1n) is 8.06. The molecule has 3 rings (SSSR count). The Morgan fingerprint density at radius 1 is 1.40 bits per heavy atom. The normalized spacial score (nSPS) is 26.8. The van der Waals surface area contributed by atoms with E-state index in [1.807, 2.05) is 18.5 Å². The molecule has 110 valence electrons. The summed E-state index contributed by atoms with van der Waals surface area (Å²) in [4.78, 5) is 4.17. The summed E-state index contributed by atoms with van der Waals surface area (Å²) in [5.74, 6) is 0.638. The lowest BCUT2D eigenvalue weighted by Crippen LogP contribution is -2.43. The molecule has 2 aliphatic rings. The van der Waals surface area contributed by atoms with Gasteiger partial charge in [0.25, 0.3) is 0 Å². The van der Waals surface area contributed by atoms with Gasteiger partial charge in [0.2, 0.25) is 0 Å².